The number of likely N-dealkylation sites (tertiary alicyclic amines) is 1. The van der Waals surface area contributed by atoms with Crippen LogP contribution in [0.4, 0.5) is 5.95 Å². The summed E-state index contributed by atoms with van der Waals surface area (Å²) in [6.45, 7) is 4.52. The fourth-order valence-electron chi connectivity index (χ4n) is 3.42. The number of hydrogen-bond donors (Lipinski definition) is 0. The van der Waals surface area contributed by atoms with Crippen molar-refractivity contribution < 1.29 is 4.79 Å². The first-order valence-electron chi connectivity index (χ1n) is 9.62. The summed E-state index contributed by atoms with van der Waals surface area (Å²) < 4.78 is 1.88. The number of anilines is 1. The molecule has 0 radical (unpaired) electrons. The molecule has 0 saturated carbocycles. The molecule has 1 saturated heterocycles. The van der Waals surface area contributed by atoms with E-state index in [4.69, 9.17) is 0 Å². The summed E-state index contributed by atoms with van der Waals surface area (Å²) in [6, 6.07) is 7.72. The molecule has 1 aromatic heterocycles. The number of aromatic nitrogens is 3. The van der Waals surface area contributed by atoms with Crippen molar-refractivity contribution >= 4 is 11.9 Å². The standard InChI is InChI=1S/C20H29N5O/c1-4-25-20(23(2)3)21-18(22-25)16-11-10-12-17(15-16)19(26)24-13-8-6-5-7-9-14-24/h10-12,15H,4-9,13-14H2,1-3H3. The van der Waals surface area contributed by atoms with Gasteiger partial charge in [-0.1, -0.05) is 31.4 Å². The quantitative estimate of drug-likeness (QED) is 0.843. The van der Waals surface area contributed by atoms with Gasteiger partial charge in [-0.2, -0.15) is 4.98 Å². The smallest absolute Gasteiger partial charge is 0.253 e. The lowest BCUT2D eigenvalue weighted by molar-refractivity contribution is 0.0742. The van der Waals surface area contributed by atoms with Crippen molar-refractivity contribution in [3.63, 3.8) is 0 Å². The molecule has 3 rings (SSSR count). The van der Waals surface area contributed by atoms with E-state index in [2.05, 4.69) is 10.1 Å². The molecule has 1 aliphatic heterocycles. The Morgan fingerprint density at radius 3 is 2.42 bits per heavy atom. The molecule has 0 N–H and O–H groups in total. The van der Waals surface area contributed by atoms with Crippen LogP contribution in [-0.4, -0.2) is 52.8 Å². The van der Waals surface area contributed by atoms with Gasteiger partial charge in [0, 0.05) is 44.9 Å². The van der Waals surface area contributed by atoms with Crippen LogP contribution < -0.4 is 4.90 Å². The molecule has 1 aliphatic rings. The van der Waals surface area contributed by atoms with Gasteiger partial charge >= 0.3 is 0 Å². The maximum Gasteiger partial charge on any atom is 0.253 e. The molecule has 1 fully saturated rings. The highest BCUT2D eigenvalue weighted by Crippen LogP contribution is 2.22. The number of nitrogens with zero attached hydrogens (tertiary/aromatic N) is 5. The summed E-state index contributed by atoms with van der Waals surface area (Å²) in [5.74, 6) is 1.61. The minimum absolute atomic E-state index is 0.122. The first kappa shape index (κ1) is 18.4. The summed E-state index contributed by atoms with van der Waals surface area (Å²) in [6.07, 6.45) is 5.92. The molecule has 6 nitrogen and oxygen atoms in total. The van der Waals surface area contributed by atoms with Gasteiger partial charge in [-0.25, -0.2) is 4.68 Å². The number of carbonyl (C=O) groups is 1. The van der Waals surface area contributed by atoms with Crippen LogP contribution in [0.2, 0.25) is 0 Å². The van der Waals surface area contributed by atoms with Gasteiger partial charge in [0.15, 0.2) is 5.82 Å². The second kappa shape index (κ2) is 8.34. The van der Waals surface area contributed by atoms with Gasteiger partial charge in [-0.05, 0) is 31.9 Å². The average Bonchev–Trinajstić information content (AvgIpc) is 3.06. The third kappa shape index (κ3) is 4.06. The second-order valence-electron chi connectivity index (χ2n) is 7.09. The van der Waals surface area contributed by atoms with Crippen molar-refractivity contribution in [2.75, 3.05) is 32.1 Å². The van der Waals surface area contributed by atoms with E-state index in [1.807, 2.05) is 59.8 Å². The number of aryl methyl sites for hydroxylation is 1. The Kier molecular flexibility index (Phi) is 5.91. The van der Waals surface area contributed by atoms with Gasteiger partial charge in [0.25, 0.3) is 5.91 Å². The normalized spacial score (nSPS) is 15.4. The number of hydrogen-bond acceptors (Lipinski definition) is 4. The number of amides is 1. The predicted octanol–water partition coefficient (Wildman–Crippen LogP) is 3.44. The van der Waals surface area contributed by atoms with Gasteiger partial charge in [-0.3, -0.25) is 4.79 Å². The minimum Gasteiger partial charge on any atom is -0.347 e. The lowest BCUT2D eigenvalue weighted by Crippen LogP contribution is -2.33. The fourth-order valence-corrected chi connectivity index (χ4v) is 3.42. The molecule has 1 aromatic carbocycles. The molecule has 2 heterocycles. The maximum absolute atomic E-state index is 13.0. The number of rotatable bonds is 4. The van der Waals surface area contributed by atoms with Crippen LogP contribution in [0, 0.1) is 0 Å². The Bertz CT molecular complexity index is 744. The van der Waals surface area contributed by atoms with E-state index in [0.29, 0.717) is 5.82 Å². The van der Waals surface area contributed by atoms with Crippen LogP contribution >= 0.6 is 0 Å². The zero-order valence-corrected chi connectivity index (χ0v) is 16.1. The Morgan fingerprint density at radius 2 is 1.81 bits per heavy atom. The molecule has 1 amide bonds. The van der Waals surface area contributed by atoms with E-state index in [-0.39, 0.29) is 5.91 Å². The SMILES string of the molecule is CCn1nc(-c2cccc(C(=O)N3CCCCCCC3)c2)nc1N(C)C. The van der Waals surface area contributed by atoms with Crippen LogP contribution in [0.15, 0.2) is 24.3 Å². The van der Waals surface area contributed by atoms with Gasteiger partial charge in [-0.15, -0.1) is 5.10 Å². The largest absolute Gasteiger partial charge is 0.347 e. The molecular formula is C20H29N5O. The van der Waals surface area contributed by atoms with Crippen LogP contribution in [0.1, 0.15) is 49.4 Å². The lowest BCUT2D eigenvalue weighted by atomic mass is 10.1. The number of carbonyl (C=O) groups excluding carboxylic acids is 1. The van der Waals surface area contributed by atoms with E-state index in [9.17, 15) is 4.79 Å². The molecule has 0 unspecified atom stereocenters. The summed E-state index contributed by atoms with van der Waals surface area (Å²) >= 11 is 0. The Morgan fingerprint density at radius 1 is 1.12 bits per heavy atom. The van der Waals surface area contributed by atoms with Gasteiger partial charge in [0.2, 0.25) is 5.95 Å². The third-order valence-corrected chi connectivity index (χ3v) is 4.86. The maximum atomic E-state index is 13.0. The summed E-state index contributed by atoms with van der Waals surface area (Å²) in [5.41, 5.74) is 1.61. The van der Waals surface area contributed by atoms with Crippen LogP contribution in [0.3, 0.4) is 0 Å². The predicted molar refractivity (Wildman–Crippen MR) is 104 cm³/mol. The summed E-state index contributed by atoms with van der Waals surface area (Å²) in [4.78, 5) is 21.6. The average molecular weight is 355 g/mol. The molecule has 0 spiro atoms. The zero-order valence-electron chi connectivity index (χ0n) is 16.1. The van der Waals surface area contributed by atoms with Crippen LogP contribution in [0.5, 0.6) is 0 Å². The molecule has 140 valence electrons. The molecule has 26 heavy (non-hydrogen) atoms. The monoisotopic (exact) mass is 355 g/mol. The molecule has 6 heteroatoms. The summed E-state index contributed by atoms with van der Waals surface area (Å²) in [5, 5.41) is 4.60. The van der Waals surface area contributed by atoms with E-state index >= 15 is 0 Å². The second-order valence-corrected chi connectivity index (χ2v) is 7.09. The third-order valence-electron chi connectivity index (χ3n) is 4.86. The molecule has 0 aliphatic carbocycles. The van der Waals surface area contributed by atoms with Crippen LogP contribution in [-0.2, 0) is 6.54 Å². The van der Waals surface area contributed by atoms with Gasteiger partial charge < -0.3 is 9.80 Å². The van der Waals surface area contributed by atoms with Crippen molar-refractivity contribution in [3.8, 4) is 11.4 Å². The summed E-state index contributed by atoms with van der Waals surface area (Å²) in [7, 11) is 3.92. The molecule has 2 aromatic rings. The first-order valence-corrected chi connectivity index (χ1v) is 9.62. The highest BCUT2D eigenvalue weighted by Gasteiger charge is 2.18. The number of benzene rings is 1. The van der Waals surface area contributed by atoms with E-state index in [1.54, 1.807) is 0 Å². The first-order chi connectivity index (χ1) is 12.6. The van der Waals surface area contributed by atoms with E-state index in [0.717, 1.165) is 49.6 Å². The van der Waals surface area contributed by atoms with Crippen LogP contribution in [0.25, 0.3) is 11.4 Å². The lowest BCUT2D eigenvalue weighted by Gasteiger charge is -2.25. The van der Waals surface area contributed by atoms with Crippen molar-refractivity contribution in [1.29, 1.82) is 0 Å². The van der Waals surface area contributed by atoms with E-state index < -0.39 is 0 Å². The van der Waals surface area contributed by atoms with Crippen molar-refractivity contribution in [2.24, 2.45) is 0 Å². The Balaban J connectivity index is 1.84. The highest BCUT2D eigenvalue weighted by molar-refractivity contribution is 5.95. The molecule has 0 bridgehead atoms. The van der Waals surface area contributed by atoms with Crippen molar-refractivity contribution in [2.45, 2.75) is 45.6 Å². The minimum atomic E-state index is 0.122. The topological polar surface area (TPSA) is 54.3 Å². The highest BCUT2D eigenvalue weighted by atomic mass is 16.2. The van der Waals surface area contributed by atoms with E-state index in [1.165, 1.54) is 19.3 Å². The molecule has 0 atom stereocenters. The molecular weight excluding hydrogens is 326 g/mol. The van der Waals surface area contributed by atoms with Crippen molar-refractivity contribution in [1.82, 2.24) is 19.7 Å². The van der Waals surface area contributed by atoms with Gasteiger partial charge in [0.05, 0.1) is 0 Å². The Hall–Kier alpha value is -2.37. The zero-order chi connectivity index (χ0) is 18.5. The Labute approximate surface area is 155 Å². The van der Waals surface area contributed by atoms with Gasteiger partial charge in [0.1, 0.15) is 0 Å². The van der Waals surface area contributed by atoms with Crippen molar-refractivity contribution in [3.05, 3.63) is 29.8 Å². The fraction of sp³-hybridized carbons (Fsp3) is 0.550.